The van der Waals surface area contributed by atoms with Crippen molar-refractivity contribution >= 4 is 10.0 Å². The molecule has 0 unspecified atom stereocenters. The number of sulfonamides is 1. The minimum atomic E-state index is -3.59. The molecule has 5 nitrogen and oxygen atoms in total. The summed E-state index contributed by atoms with van der Waals surface area (Å²) < 4.78 is 28.9. The third-order valence-electron chi connectivity index (χ3n) is 7.72. The van der Waals surface area contributed by atoms with Gasteiger partial charge < -0.3 is 5.11 Å². The second-order valence-electron chi connectivity index (χ2n) is 9.90. The van der Waals surface area contributed by atoms with E-state index < -0.39 is 10.0 Å². The molecule has 1 N–H and O–H groups in total. The first-order valence-corrected chi connectivity index (χ1v) is 13.9. The maximum atomic E-state index is 13.6. The highest BCUT2D eigenvalue weighted by Gasteiger charge is 2.50. The minimum absolute atomic E-state index is 0.0198. The van der Waals surface area contributed by atoms with Gasteiger partial charge in [-0.15, -0.1) is 0 Å². The van der Waals surface area contributed by atoms with Crippen LogP contribution in [0.25, 0.3) is 11.1 Å². The molecule has 35 heavy (non-hydrogen) atoms. The zero-order valence-corrected chi connectivity index (χ0v) is 21.3. The second-order valence-corrected chi connectivity index (χ2v) is 11.8. The Morgan fingerprint density at radius 3 is 2.14 bits per heavy atom. The minimum Gasteiger partial charge on any atom is -0.395 e. The zero-order chi connectivity index (χ0) is 24.6. The van der Waals surface area contributed by atoms with Gasteiger partial charge in [0.15, 0.2) is 0 Å². The quantitative estimate of drug-likeness (QED) is 0.569. The number of hydrogen-bond donors (Lipinski definition) is 1. The Balaban J connectivity index is 1.43. The van der Waals surface area contributed by atoms with Gasteiger partial charge in [0.25, 0.3) is 0 Å². The van der Waals surface area contributed by atoms with E-state index in [-0.39, 0.29) is 24.6 Å². The van der Waals surface area contributed by atoms with E-state index in [9.17, 15) is 13.5 Å². The molecule has 0 amide bonds. The summed E-state index contributed by atoms with van der Waals surface area (Å²) in [5, 5.41) is 10.2. The fourth-order valence-corrected chi connectivity index (χ4v) is 7.48. The van der Waals surface area contributed by atoms with Crippen LogP contribution in [0.4, 0.5) is 0 Å². The fourth-order valence-electron chi connectivity index (χ4n) is 5.76. The molecule has 0 spiro atoms. The number of rotatable bonds is 5. The van der Waals surface area contributed by atoms with Crippen LogP contribution >= 0.6 is 0 Å². The molecule has 0 aromatic heterocycles. The number of nitrogens with zero attached hydrogens (tertiary/aromatic N) is 2. The first-order valence-electron chi connectivity index (χ1n) is 12.5. The summed E-state index contributed by atoms with van der Waals surface area (Å²) >= 11 is 0. The van der Waals surface area contributed by atoms with Crippen LogP contribution in [0.1, 0.15) is 35.4 Å². The lowest BCUT2D eigenvalue weighted by atomic mass is 9.74. The van der Waals surface area contributed by atoms with Crippen LogP contribution in [0.5, 0.6) is 0 Å². The molecule has 0 saturated carbocycles. The lowest BCUT2D eigenvalue weighted by Crippen LogP contribution is -2.67. The van der Waals surface area contributed by atoms with E-state index in [4.69, 9.17) is 0 Å². The summed E-state index contributed by atoms with van der Waals surface area (Å²) in [4.78, 5) is 2.71. The normalized spacial score (nSPS) is 23.7. The van der Waals surface area contributed by atoms with Crippen molar-refractivity contribution in [2.75, 3.05) is 26.2 Å². The van der Waals surface area contributed by atoms with Gasteiger partial charge in [-0.25, -0.2) is 8.42 Å². The Kier molecular flexibility index (Phi) is 6.82. The summed E-state index contributed by atoms with van der Waals surface area (Å²) in [6, 6.07) is 24.4. The number of aryl methyl sites for hydroxylation is 2. The van der Waals surface area contributed by atoms with Crippen LogP contribution in [0.15, 0.2) is 77.7 Å². The third kappa shape index (κ3) is 4.56. The van der Waals surface area contributed by atoms with Crippen LogP contribution in [0, 0.1) is 13.8 Å². The molecule has 3 aromatic carbocycles. The molecule has 184 valence electrons. The van der Waals surface area contributed by atoms with Gasteiger partial charge in [-0.2, -0.15) is 4.31 Å². The van der Waals surface area contributed by atoms with Gasteiger partial charge in [-0.05, 0) is 61.6 Å². The lowest BCUT2D eigenvalue weighted by molar-refractivity contribution is -0.0553. The predicted octanol–water partition coefficient (Wildman–Crippen LogP) is 4.58. The van der Waals surface area contributed by atoms with Gasteiger partial charge in [0.05, 0.1) is 11.5 Å². The number of aliphatic hydroxyl groups excluding tert-OH is 1. The molecule has 2 fully saturated rings. The van der Waals surface area contributed by atoms with Crippen molar-refractivity contribution in [1.82, 2.24) is 9.21 Å². The molecular formula is C29H34N2O3S. The number of aliphatic hydroxyl groups is 1. The highest BCUT2D eigenvalue weighted by atomic mass is 32.2. The summed E-state index contributed by atoms with van der Waals surface area (Å²) in [6.07, 6.45) is 1.74. The van der Waals surface area contributed by atoms with E-state index >= 15 is 0 Å². The standard InChI is InChI=1S/C29H34N2O3S/c1-21-9-11-23(12-10-21)24-13-15-25(16-14-24)29-26-19-30(17-5-6-18-31(26)27(29)20-32)35(33,34)28-8-4-3-7-22(28)2/h3-4,7-16,26-27,29,32H,5-6,17-20H2,1-2H3/t26-,27+,29-/m0/s1. The molecule has 3 atom stereocenters. The molecule has 0 radical (unpaired) electrons. The maximum absolute atomic E-state index is 13.6. The van der Waals surface area contributed by atoms with Crippen molar-refractivity contribution in [3.05, 3.63) is 89.5 Å². The van der Waals surface area contributed by atoms with E-state index in [2.05, 4.69) is 60.4 Å². The Morgan fingerprint density at radius 1 is 0.857 bits per heavy atom. The van der Waals surface area contributed by atoms with Crippen LogP contribution in [0.3, 0.4) is 0 Å². The van der Waals surface area contributed by atoms with Crippen molar-refractivity contribution in [2.45, 2.75) is 49.6 Å². The smallest absolute Gasteiger partial charge is 0.243 e. The van der Waals surface area contributed by atoms with Gasteiger partial charge >= 0.3 is 0 Å². The highest BCUT2D eigenvalue weighted by Crippen LogP contribution is 2.43. The van der Waals surface area contributed by atoms with Crippen molar-refractivity contribution in [3.8, 4) is 11.1 Å². The van der Waals surface area contributed by atoms with Gasteiger partial charge in [0.1, 0.15) is 0 Å². The first-order chi connectivity index (χ1) is 16.9. The van der Waals surface area contributed by atoms with E-state index in [0.717, 1.165) is 36.1 Å². The average Bonchev–Trinajstić information content (AvgIpc) is 2.84. The molecule has 2 saturated heterocycles. The predicted molar refractivity (Wildman–Crippen MR) is 140 cm³/mol. The Morgan fingerprint density at radius 2 is 1.49 bits per heavy atom. The van der Waals surface area contributed by atoms with Crippen molar-refractivity contribution in [3.63, 3.8) is 0 Å². The molecular weight excluding hydrogens is 456 g/mol. The Labute approximate surface area is 209 Å². The molecule has 0 aliphatic carbocycles. The van der Waals surface area contributed by atoms with Gasteiger partial charge in [-0.3, -0.25) is 4.90 Å². The Bertz CT molecular complexity index is 1270. The van der Waals surface area contributed by atoms with Crippen molar-refractivity contribution in [1.29, 1.82) is 0 Å². The molecule has 0 bridgehead atoms. The molecule has 2 heterocycles. The number of fused-ring (bicyclic) bond motifs is 1. The van der Waals surface area contributed by atoms with Crippen molar-refractivity contribution in [2.24, 2.45) is 0 Å². The average molecular weight is 491 g/mol. The zero-order valence-electron chi connectivity index (χ0n) is 20.5. The van der Waals surface area contributed by atoms with E-state index in [1.165, 1.54) is 11.1 Å². The summed E-state index contributed by atoms with van der Waals surface area (Å²) in [7, 11) is -3.59. The second kappa shape index (κ2) is 9.86. The van der Waals surface area contributed by atoms with E-state index in [0.29, 0.717) is 18.0 Å². The lowest BCUT2D eigenvalue weighted by Gasteiger charge is -2.57. The third-order valence-corrected chi connectivity index (χ3v) is 9.75. The van der Waals surface area contributed by atoms with Crippen LogP contribution in [-0.4, -0.2) is 61.1 Å². The molecule has 3 aromatic rings. The molecule has 2 aliphatic rings. The fraction of sp³-hybridized carbons (Fsp3) is 0.379. The molecule has 6 heteroatoms. The van der Waals surface area contributed by atoms with E-state index in [1.807, 2.05) is 19.1 Å². The topological polar surface area (TPSA) is 60.9 Å². The SMILES string of the molecule is Cc1ccc(-c2ccc([C@@H]3[C@@H](CO)N4CCCCN(S(=O)(=O)c5ccccc5C)C[C@@H]34)cc2)cc1. The monoisotopic (exact) mass is 490 g/mol. The van der Waals surface area contributed by atoms with Crippen molar-refractivity contribution < 1.29 is 13.5 Å². The highest BCUT2D eigenvalue weighted by molar-refractivity contribution is 7.89. The summed E-state index contributed by atoms with van der Waals surface area (Å²) in [6.45, 7) is 5.88. The maximum Gasteiger partial charge on any atom is 0.243 e. The summed E-state index contributed by atoms with van der Waals surface area (Å²) in [5.41, 5.74) is 5.51. The van der Waals surface area contributed by atoms with Gasteiger partial charge in [0.2, 0.25) is 10.0 Å². The van der Waals surface area contributed by atoms with Crippen LogP contribution < -0.4 is 0 Å². The number of hydrogen-bond acceptors (Lipinski definition) is 4. The largest absolute Gasteiger partial charge is 0.395 e. The molecule has 2 aliphatic heterocycles. The Hall–Kier alpha value is -2.51. The number of benzene rings is 3. The van der Waals surface area contributed by atoms with Gasteiger partial charge in [0, 0.05) is 31.1 Å². The van der Waals surface area contributed by atoms with E-state index in [1.54, 1.807) is 16.4 Å². The van der Waals surface area contributed by atoms with Crippen LogP contribution in [0.2, 0.25) is 0 Å². The first kappa shape index (κ1) is 24.2. The van der Waals surface area contributed by atoms with Gasteiger partial charge in [-0.1, -0.05) is 72.3 Å². The molecule has 5 rings (SSSR count). The van der Waals surface area contributed by atoms with Crippen LogP contribution in [-0.2, 0) is 10.0 Å². The summed E-state index contributed by atoms with van der Waals surface area (Å²) in [5.74, 6) is 0.0970.